The molecule has 0 amide bonds. The number of rotatable bonds is 5. The van der Waals surface area contributed by atoms with Crippen molar-refractivity contribution in [3.63, 3.8) is 0 Å². The van der Waals surface area contributed by atoms with E-state index in [1.165, 1.54) is 23.0 Å². The highest BCUT2D eigenvalue weighted by molar-refractivity contribution is 6.39. The summed E-state index contributed by atoms with van der Waals surface area (Å²) in [6.07, 6.45) is -3.14. The van der Waals surface area contributed by atoms with Crippen molar-refractivity contribution in [2.24, 2.45) is 0 Å². The lowest BCUT2D eigenvalue weighted by Gasteiger charge is -2.14. The van der Waals surface area contributed by atoms with Crippen molar-refractivity contribution in [1.82, 2.24) is 9.78 Å². The molecule has 3 aromatic rings. The van der Waals surface area contributed by atoms with Crippen molar-refractivity contribution >= 4 is 40.6 Å². The van der Waals surface area contributed by atoms with Crippen molar-refractivity contribution in [3.8, 4) is 0 Å². The maximum absolute atomic E-state index is 13.2. The van der Waals surface area contributed by atoms with Gasteiger partial charge in [-0.15, -0.1) is 0 Å². The lowest BCUT2D eigenvalue weighted by atomic mass is 10.1. The van der Waals surface area contributed by atoms with Gasteiger partial charge in [0.05, 0.1) is 39.8 Å². The summed E-state index contributed by atoms with van der Waals surface area (Å²) >= 11 is 18.0. The van der Waals surface area contributed by atoms with Gasteiger partial charge in [0.1, 0.15) is 0 Å². The van der Waals surface area contributed by atoms with Crippen LogP contribution in [-0.4, -0.2) is 15.6 Å². The van der Waals surface area contributed by atoms with E-state index in [1.807, 2.05) is 0 Å². The first-order chi connectivity index (χ1) is 13.2. The summed E-state index contributed by atoms with van der Waals surface area (Å²) in [5.74, 6) is -0.338. The zero-order chi connectivity index (χ0) is 20.5. The van der Waals surface area contributed by atoms with Gasteiger partial charge in [-0.1, -0.05) is 46.9 Å². The van der Waals surface area contributed by atoms with E-state index in [4.69, 9.17) is 34.8 Å². The fourth-order valence-corrected chi connectivity index (χ4v) is 3.59. The minimum atomic E-state index is -4.53. The second-order valence-electron chi connectivity index (χ2n) is 5.96. The van der Waals surface area contributed by atoms with Crippen LogP contribution in [-0.2, 0) is 19.1 Å². The van der Waals surface area contributed by atoms with Gasteiger partial charge in [0.2, 0.25) is 0 Å². The number of hydrogen-bond donors (Lipinski definition) is 0. The molecule has 0 saturated carbocycles. The zero-order valence-electron chi connectivity index (χ0n) is 14.1. The molecule has 2 aromatic carbocycles. The van der Waals surface area contributed by atoms with Gasteiger partial charge in [0.25, 0.3) is 0 Å². The average molecular weight is 448 g/mol. The predicted molar refractivity (Wildman–Crippen MR) is 102 cm³/mol. The molecule has 1 heterocycles. The van der Waals surface area contributed by atoms with Gasteiger partial charge in [0.15, 0.2) is 5.78 Å². The number of Topliss-reactive ketones (excluding diaryl/α,β-unsaturated/α-hetero) is 1. The highest BCUT2D eigenvalue weighted by atomic mass is 35.5. The summed E-state index contributed by atoms with van der Waals surface area (Å²) in [7, 11) is 0. The maximum atomic E-state index is 13.2. The third-order valence-electron chi connectivity index (χ3n) is 4.02. The Balaban J connectivity index is 1.82. The van der Waals surface area contributed by atoms with E-state index < -0.39 is 11.7 Å². The Labute approximate surface area is 173 Å². The number of aromatic nitrogens is 2. The molecule has 3 nitrogen and oxygen atoms in total. The Morgan fingerprint density at radius 2 is 1.57 bits per heavy atom. The van der Waals surface area contributed by atoms with Crippen LogP contribution in [0.5, 0.6) is 0 Å². The first kappa shape index (κ1) is 20.7. The first-order valence-electron chi connectivity index (χ1n) is 8.01. The van der Waals surface area contributed by atoms with Crippen LogP contribution in [0.1, 0.15) is 27.2 Å². The quantitative estimate of drug-likeness (QED) is 0.428. The van der Waals surface area contributed by atoms with Crippen LogP contribution in [0.4, 0.5) is 13.2 Å². The molecule has 0 unspecified atom stereocenters. The van der Waals surface area contributed by atoms with E-state index >= 15 is 0 Å². The van der Waals surface area contributed by atoms with Crippen molar-refractivity contribution in [1.29, 1.82) is 0 Å². The van der Waals surface area contributed by atoms with Crippen LogP contribution >= 0.6 is 34.8 Å². The van der Waals surface area contributed by atoms with E-state index in [0.717, 1.165) is 6.07 Å². The monoisotopic (exact) mass is 446 g/mol. The van der Waals surface area contributed by atoms with Crippen molar-refractivity contribution in [2.45, 2.75) is 19.1 Å². The van der Waals surface area contributed by atoms with Gasteiger partial charge < -0.3 is 0 Å². The fourth-order valence-electron chi connectivity index (χ4n) is 2.75. The van der Waals surface area contributed by atoms with Crippen LogP contribution in [0.25, 0.3) is 0 Å². The van der Waals surface area contributed by atoms with E-state index in [0.29, 0.717) is 5.69 Å². The molecule has 0 radical (unpaired) electrons. The Morgan fingerprint density at radius 3 is 2.21 bits per heavy atom. The Bertz CT molecular complexity index is 1010. The van der Waals surface area contributed by atoms with E-state index in [9.17, 15) is 18.0 Å². The molecule has 0 fully saturated rings. The van der Waals surface area contributed by atoms with E-state index in [2.05, 4.69) is 5.10 Å². The Hall–Kier alpha value is -2.02. The number of carbonyl (C=O) groups is 1. The summed E-state index contributed by atoms with van der Waals surface area (Å²) in [6.45, 7) is -0.185. The van der Waals surface area contributed by atoms with Gasteiger partial charge in [0, 0.05) is 16.8 Å². The molecule has 0 aliphatic carbocycles. The number of ketones is 1. The molecule has 0 saturated heterocycles. The molecule has 9 heteroatoms. The predicted octanol–water partition coefficient (Wildman–Crippen LogP) is 6.34. The number of hydrogen-bond acceptors (Lipinski definition) is 2. The molecule has 0 spiro atoms. The van der Waals surface area contributed by atoms with Crippen LogP contribution < -0.4 is 0 Å². The second kappa shape index (κ2) is 8.15. The highest BCUT2D eigenvalue weighted by Gasteiger charge is 2.34. The minimum absolute atomic E-state index is 0.00852. The molecule has 0 atom stereocenters. The molecular weight excluding hydrogens is 436 g/mol. The third kappa shape index (κ3) is 4.51. The van der Waals surface area contributed by atoms with Gasteiger partial charge >= 0.3 is 6.18 Å². The highest BCUT2D eigenvalue weighted by Crippen LogP contribution is 2.35. The molecule has 0 bridgehead atoms. The number of nitrogens with zero attached hydrogens (tertiary/aromatic N) is 2. The summed E-state index contributed by atoms with van der Waals surface area (Å²) in [6, 6.07) is 9.87. The standard InChI is InChI=1S/C19H12Cl3F3N2O/c20-14-4-1-3-13(19(23,24)25)12(14)10-27-8-7-11(26-27)9-17(28)18-15(21)5-2-6-16(18)22/h1-8H,9-10H2. The van der Waals surface area contributed by atoms with Gasteiger partial charge in [-0.2, -0.15) is 18.3 Å². The van der Waals surface area contributed by atoms with E-state index in [-0.39, 0.29) is 44.9 Å². The van der Waals surface area contributed by atoms with Gasteiger partial charge in [-0.05, 0) is 30.3 Å². The van der Waals surface area contributed by atoms with Crippen molar-refractivity contribution in [2.75, 3.05) is 0 Å². The number of halogens is 6. The summed E-state index contributed by atoms with van der Waals surface area (Å²) < 4.78 is 40.9. The third-order valence-corrected chi connectivity index (χ3v) is 5.01. The van der Waals surface area contributed by atoms with Crippen LogP contribution in [0.2, 0.25) is 15.1 Å². The lowest BCUT2D eigenvalue weighted by molar-refractivity contribution is -0.138. The number of alkyl halides is 3. The van der Waals surface area contributed by atoms with Crippen LogP contribution in [0, 0.1) is 0 Å². The molecule has 146 valence electrons. The summed E-state index contributed by atoms with van der Waals surface area (Å²) in [4.78, 5) is 12.5. The smallest absolute Gasteiger partial charge is 0.294 e. The Morgan fingerprint density at radius 1 is 0.964 bits per heavy atom. The van der Waals surface area contributed by atoms with Crippen LogP contribution in [0.3, 0.4) is 0 Å². The van der Waals surface area contributed by atoms with Gasteiger partial charge in [-0.3, -0.25) is 9.48 Å². The number of benzene rings is 2. The lowest BCUT2D eigenvalue weighted by Crippen LogP contribution is -2.13. The molecule has 0 aliphatic rings. The molecule has 3 rings (SSSR count). The average Bonchev–Trinajstić information content (AvgIpc) is 3.02. The van der Waals surface area contributed by atoms with Crippen LogP contribution in [0.15, 0.2) is 48.7 Å². The van der Waals surface area contributed by atoms with E-state index in [1.54, 1.807) is 24.3 Å². The Kier molecular flexibility index (Phi) is 6.03. The van der Waals surface area contributed by atoms with Crippen molar-refractivity contribution < 1.29 is 18.0 Å². The molecule has 0 N–H and O–H groups in total. The number of carbonyl (C=O) groups excluding carboxylic acids is 1. The topological polar surface area (TPSA) is 34.9 Å². The molecule has 0 aliphatic heterocycles. The zero-order valence-corrected chi connectivity index (χ0v) is 16.4. The normalized spacial score (nSPS) is 11.6. The summed E-state index contributed by atoms with van der Waals surface area (Å²) in [5, 5.41) is 4.62. The molecule has 1 aromatic heterocycles. The fraction of sp³-hybridized carbons (Fsp3) is 0.158. The summed E-state index contributed by atoms with van der Waals surface area (Å²) in [5.41, 5.74) is -0.352. The van der Waals surface area contributed by atoms with Crippen molar-refractivity contribution in [3.05, 3.63) is 86.1 Å². The minimum Gasteiger partial charge on any atom is -0.294 e. The molecule has 28 heavy (non-hydrogen) atoms. The van der Waals surface area contributed by atoms with Gasteiger partial charge in [-0.25, -0.2) is 0 Å². The molecular formula is C19H12Cl3F3N2O. The maximum Gasteiger partial charge on any atom is 0.416 e. The second-order valence-corrected chi connectivity index (χ2v) is 7.19. The SMILES string of the molecule is O=C(Cc1ccn(Cc2c(Cl)cccc2C(F)(F)F)n1)c1c(Cl)cccc1Cl. The largest absolute Gasteiger partial charge is 0.416 e. The first-order valence-corrected chi connectivity index (χ1v) is 9.14.